The van der Waals surface area contributed by atoms with Crippen LogP contribution in [0.2, 0.25) is 0 Å². The smallest absolute Gasteiger partial charge is 0.0979 e. The molecule has 3 aromatic heterocycles. The Balaban J connectivity index is 1.000. The van der Waals surface area contributed by atoms with Gasteiger partial charge in [0.05, 0.1) is 50.2 Å². The standard InChI is InChI=1S/C60H36N4/c1-2-16-40-36-56-50(35-39(40)15-1)57-54(25-12-26-55(57)64-53-24-10-7-20-47(53)49-32-30-38-14-4-6-19-46(38)60(49)64)63(56)44-31-29-41-33-43(28-27-42(41)34-44)58-59(62-52-23-9-8-22-51(52)61-58)48-21-11-17-37-13-3-5-18-45(37)48/h1-36H. The molecule has 0 aliphatic carbocycles. The Hall–Kier alpha value is -8.60. The summed E-state index contributed by atoms with van der Waals surface area (Å²) in [5.41, 5.74) is 12.7. The van der Waals surface area contributed by atoms with E-state index in [1.807, 2.05) is 18.2 Å². The Morgan fingerprint density at radius 1 is 0.312 bits per heavy atom. The highest BCUT2D eigenvalue weighted by Crippen LogP contribution is 2.43. The van der Waals surface area contributed by atoms with E-state index in [0.717, 1.165) is 60.9 Å². The normalized spacial score (nSPS) is 12.1. The first kappa shape index (κ1) is 35.0. The quantitative estimate of drug-likeness (QED) is 0.177. The molecule has 14 aromatic rings. The number of benzene rings is 11. The zero-order valence-electron chi connectivity index (χ0n) is 34.6. The second kappa shape index (κ2) is 13.4. The molecule has 14 rings (SSSR count). The van der Waals surface area contributed by atoms with E-state index in [4.69, 9.17) is 9.97 Å². The van der Waals surface area contributed by atoms with Crippen LogP contribution < -0.4 is 0 Å². The number of para-hydroxylation sites is 3. The molecule has 0 unspecified atom stereocenters. The molecule has 0 saturated carbocycles. The SMILES string of the molecule is c1ccc2cc3c(cc2c1)c1c(-n2c4ccccc4c4ccc5ccccc5c42)cccc1n3-c1ccc2cc(-c3nc4ccccc4nc3-c3cccc4ccccc34)ccc2c1. The van der Waals surface area contributed by atoms with Gasteiger partial charge in [0.1, 0.15) is 0 Å². The van der Waals surface area contributed by atoms with Gasteiger partial charge in [0.25, 0.3) is 0 Å². The van der Waals surface area contributed by atoms with Gasteiger partial charge in [-0.3, -0.25) is 0 Å². The molecule has 0 amide bonds. The molecule has 0 bridgehead atoms. The van der Waals surface area contributed by atoms with Crippen molar-refractivity contribution in [3.63, 3.8) is 0 Å². The fourth-order valence-electron chi connectivity index (χ4n) is 10.5. The molecule has 0 N–H and O–H groups in total. The van der Waals surface area contributed by atoms with Crippen molar-refractivity contribution in [2.75, 3.05) is 0 Å². The minimum Gasteiger partial charge on any atom is -0.309 e. The van der Waals surface area contributed by atoms with Gasteiger partial charge in [-0.15, -0.1) is 0 Å². The Morgan fingerprint density at radius 2 is 0.906 bits per heavy atom. The molecule has 0 fully saturated rings. The highest BCUT2D eigenvalue weighted by atomic mass is 15.0. The van der Waals surface area contributed by atoms with Gasteiger partial charge in [0.15, 0.2) is 0 Å². The van der Waals surface area contributed by atoms with Crippen LogP contribution in [0.1, 0.15) is 0 Å². The summed E-state index contributed by atoms with van der Waals surface area (Å²) in [5.74, 6) is 0. The van der Waals surface area contributed by atoms with E-state index in [9.17, 15) is 0 Å². The molecule has 0 aliphatic heterocycles. The van der Waals surface area contributed by atoms with E-state index in [2.05, 4.69) is 209 Å². The van der Waals surface area contributed by atoms with Crippen LogP contribution in [0, 0.1) is 0 Å². The number of nitrogens with zero attached hydrogens (tertiary/aromatic N) is 4. The van der Waals surface area contributed by atoms with Gasteiger partial charge in [0, 0.05) is 43.7 Å². The summed E-state index contributed by atoms with van der Waals surface area (Å²) >= 11 is 0. The van der Waals surface area contributed by atoms with Gasteiger partial charge in [-0.05, 0) is 98.4 Å². The Kier molecular flexibility index (Phi) is 7.36. The second-order valence-corrected chi connectivity index (χ2v) is 16.9. The van der Waals surface area contributed by atoms with Crippen molar-refractivity contribution < 1.29 is 0 Å². The summed E-state index contributed by atoms with van der Waals surface area (Å²) in [6, 6.07) is 79.2. The molecule has 0 radical (unpaired) electrons. The molecule has 64 heavy (non-hydrogen) atoms. The lowest BCUT2D eigenvalue weighted by atomic mass is 9.97. The average molecular weight is 813 g/mol. The lowest BCUT2D eigenvalue weighted by Gasteiger charge is -2.14. The van der Waals surface area contributed by atoms with Crippen LogP contribution in [-0.2, 0) is 0 Å². The minimum absolute atomic E-state index is 0.876. The predicted molar refractivity (Wildman–Crippen MR) is 269 cm³/mol. The van der Waals surface area contributed by atoms with Gasteiger partial charge >= 0.3 is 0 Å². The summed E-state index contributed by atoms with van der Waals surface area (Å²) in [7, 11) is 0. The molecule has 296 valence electrons. The third kappa shape index (κ3) is 5.11. The maximum atomic E-state index is 5.30. The van der Waals surface area contributed by atoms with E-state index in [1.54, 1.807) is 0 Å². The number of hydrogen-bond donors (Lipinski definition) is 0. The number of hydrogen-bond acceptors (Lipinski definition) is 2. The first-order valence-corrected chi connectivity index (χ1v) is 21.9. The Morgan fingerprint density at radius 3 is 1.75 bits per heavy atom. The minimum atomic E-state index is 0.876. The van der Waals surface area contributed by atoms with Crippen LogP contribution in [0.5, 0.6) is 0 Å². The second-order valence-electron chi connectivity index (χ2n) is 16.9. The lowest BCUT2D eigenvalue weighted by Crippen LogP contribution is -1.97. The first-order chi connectivity index (χ1) is 31.7. The highest BCUT2D eigenvalue weighted by Gasteiger charge is 2.22. The van der Waals surface area contributed by atoms with Crippen LogP contribution >= 0.6 is 0 Å². The Labute approximate surface area is 367 Å². The molecule has 11 aromatic carbocycles. The maximum Gasteiger partial charge on any atom is 0.0979 e. The van der Waals surface area contributed by atoms with Gasteiger partial charge < -0.3 is 9.13 Å². The van der Waals surface area contributed by atoms with E-state index < -0.39 is 0 Å². The van der Waals surface area contributed by atoms with Crippen LogP contribution in [0.3, 0.4) is 0 Å². The summed E-state index contributed by atoms with van der Waals surface area (Å²) in [6.45, 7) is 0. The predicted octanol–water partition coefficient (Wildman–Crippen LogP) is 15.8. The summed E-state index contributed by atoms with van der Waals surface area (Å²) in [6.07, 6.45) is 0. The number of fused-ring (bicyclic) bond motifs is 12. The third-order valence-electron chi connectivity index (χ3n) is 13.4. The van der Waals surface area contributed by atoms with Crippen molar-refractivity contribution in [3.8, 4) is 33.9 Å². The van der Waals surface area contributed by atoms with Crippen molar-refractivity contribution in [1.29, 1.82) is 0 Å². The molecule has 4 heteroatoms. The molecule has 0 spiro atoms. The van der Waals surface area contributed by atoms with Crippen LogP contribution in [0.25, 0.3) is 132 Å². The van der Waals surface area contributed by atoms with Crippen molar-refractivity contribution in [1.82, 2.24) is 19.1 Å². The van der Waals surface area contributed by atoms with Crippen molar-refractivity contribution in [3.05, 3.63) is 218 Å². The molecule has 0 atom stereocenters. The molecular formula is C60H36N4. The zero-order chi connectivity index (χ0) is 41.9. The highest BCUT2D eigenvalue weighted by molar-refractivity contribution is 6.22. The molecule has 0 aliphatic rings. The van der Waals surface area contributed by atoms with Gasteiger partial charge in [-0.2, -0.15) is 0 Å². The molecule has 4 nitrogen and oxygen atoms in total. The van der Waals surface area contributed by atoms with Crippen LogP contribution in [-0.4, -0.2) is 19.1 Å². The van der Waals surface area contributed by atoms with E-state index >= 15 is 0 Å². The first-order valence-electron chi connectivity index (χ1n) is 21.9. The summed E-state index contributed by atoms with van der Waals surface area (Å²) in [4.78, 5) is 10.6. The number of aromatic nitrogens is 4. The van der Waals surface area contributed by atoms with E-state index in [1.165, 1.54) is 70.7 Å². The fourth-order valence-corrected chi connectivity index (χ4v) is 10.5. The molecular weight excluding hydrogens is 777 g/mol. The van der Waals surface area contributed by atoms with Crippen LogP contribution in [0.4, 0.5) is 0 Å². The van der Waals surface area contributed by atoms with Gasteiger partial charge in [0.2, 0.25) is 0 Å². The summed E-state index contributed by atoms with van der Waals surface area (Å²) in [5, 5.41) is 14.5. The van der Waals surface area contributed by atoms with Gasteiger partial charge in [-0.25, -0.2) is 9.97 Å². The lowest BCUT2D eigenvalue weighted by molar-refractivity contribution is 1.18. The van der Waals surface area contributed by atoms with Crippen LogP contribution in [0.15, 0.2) is 218 Å². The third-order valence-corrected chi connectivity index (χ3v) is 13.4. The monoisotopic (exact) mass is 812 g/mol. The topological polar surface area (TPSA) is 35.6 Å². The van der Waals surface area contributed by atoms with E-state index in [-0.39, 0.29) is 0 Å². The molecule has 3 heterocycles. The van der Waals surface area contributed by atoms with Crippen molar-refractivity contribution >= 4 is 97.7 Å². The fraction of sp³-hybridized carbons (Fsp3) is 0. The zero-order valence-corrected chi connectivity index (χ0v) is 34.6. The number of rotatable bonds is 4. The maximum absolute atomic E-state index is 5.30. The molecule has 0 saturated heterocycles. The largest absolute Gasteiger partial charge is 0.309 e. The van der Waals surface area contributed by atoms with Crippen molar-refractivity contribution in [2.24, 2.45) is 0 Å². The Bertz CT molecular complexity index is 4260. The van der Waals surface area contributed by atoms with Gasteiger partial charge in [-0.1, -0.05) is 158 Å². The average Bonchev–Trinajstić information content (AvgIpc) is 3.87. The van der Waals surface area contributed by atoms with E-state index in [0.29, 0.717) is 0 Å². The van der Waals surface area contributed by atoms with Crippen molar-refractivity contribution in [2.45, 2.75) is 0 Å². The summed E-state index contributed by atoms with van der Waals surface area (Å²) < 4.78 is 4.98.